The molecule has 1 N–H and O–H groups in total. The number of anilines is 1. The van der Waals surface area contributed by atoms with Crippen LogP contribution in [0, 0.1) is 11.6 Å². The molecular formula is C22H16ClF2N5O2. The Labute approximate surface area is 187 Å². The number of amides is 1. The average Bonchev–Trinajstić information content (AvgIpc) is 3.21. The predicted octanol–water partition coefficient (Wildman–Crippen LogP) is 4.70. The first-order chi connectivity index (χ1) is 15.4. The molecule has 0 fully saturated rings. The number of hydrogen-bond acceptors (Lipinski definition) is 6. The van der Waals surface area contributed by atoms with Crippen molar-refractivity contribution < 1.29 is 18.3 Å². The Morgan fingerprint density at radius 1 is 1.12 bits per heavy atom. The number of pyridine rings is 1. The molecule has 0 radical (unpaired) electrons. The van der Waals surface area contributed by atoms with E-state index in [2.05, 4.69) is 20.6 Å². The van der Waals surface area contributed by atoms with E-state index in [0.29, 0.717) is 22.5 Å². The molecule has 0 saturated carbocycles. The molecule has 32 heavy (non-hydrogen) atoms. The summed E-state index contributed by atoms with van der Waals surface area (Å²) in [6.45, 7) is 1.35. The van der Waals surface area contributed by atoms with E-state index >= 15 is 0 Å². The Balaban J connectivity index is 1.55. The topological polar surface area (TPSA) is 79.2 Å². The van der Waals surface area contributed by atoms with Crippen LogP contribution < -0.4 is 5.43 Å². The summed E-state index contributed by atoms with van der Waals surface area (Å²) in [6.07, 6.45) is 0.649. The summed E-state index contributed by atoms with van der Waals surface area (Å²) >= 11 is 6.13. The fourth-order valence-electron chi connectivity index (χ4n) is 2.93. The summed E-state index contributed by atoms with van der Waals surface area (Å²) in [5.41, 5.74) is 4.44. The van der Waals surface area contributed by atoms with Crippen molar-refractivity contribution in [1.29, 1.82) is 0 Å². The quantitative estimate of drug-likeness (QED) is 0.343. The van der Waals surface area contributed by atoms with Crippen LogP contribution in [0.1, 0.15) is 29.8 Å². The van der Waals surface area contributed by atoms with Crippen LogP contribution in [-0.4, -0.2) is 28.0 Å². The van der Waals surface area contributed by atoms with Crippen LogP contribution in [0.2, 0.25) is 5.15 Å². The summed E-state index contributed by atoms with van der Waals surface area (Å²) in [7, 11) is 0. The molecule has 1 aliphatic heterocycles. The molecule has 3 aromatic rings. The zero-order chi connectivity index (χ0) is 22.7. The highest BCUT2D eigenvalue weighted by Crippen LogP contribution is 2.31. The highest BCUT2D eigenvalue weighted by molar-refractivity contribution is 6.30. The van der Waals surface area contributed by atoms with E-state index in [9.17, 15) is 13.6 Å². The van der Waals surface area contributed by atoms with Crippen molar-refractivity contribution in [2.24, 2.45) is 10.2 Å². The van der Waals surface area contributed by atoms with Gasteiger partial charge in [0.05, 0.1) is 6.21 Å². The second-order valence-corrected chi connectivity index (χ2v) is 7.16. The molecule has 2 aromatic carbocycles. The van der Waals surface area contributed by atoms with Crippen LogP contribution in [0.4, 0.5) is 14.6 Å². The lowest BCUT2D eigenvalue weighted by Crippen LogP contribution is -2.25. The van der Waals surface area contributed by atoms with Gasteiger partial charge in [0.2, 0.25) is 18.0 Å². The third-order valence-electron chi connectivity index (χ3n) is 4.43. The molecule has 0 saturated heterocycles. The number of carbonyl (C=O) groups is 1. The molecular weight excluding hydrogens is 440 g/mol. The Kier molecular flexibility index (Phi) is 6.09. The lowest BCUT2D eigenvalue weighted by molar-refractivity contribution is -0.135. The van der Waals surface area contributed by atoms with E-state index in [-0.39, 0.29) is 22.8 Å². The Hall–Kier alpha value is -3.85. The van der Waals surface area contributed by atoms with Gasteiger partial charge in [-0.25, -0.2) is 13.8 Å². The number of nitrogens with one attached hydrogen (secondary N) is 1. The van der Waals surface area contributed by atoms with Crippen LogP contribution in [0.5, 0.6) is 0 Å². The van der Waals surface area contributed by atoms with Crippen molar-refractivity contribution in [2.45, 2.75) is 13.2 Å². The summed E-state index contributed by atoms with van der Waals surface area (Å²) in [4.78, 5) is 16.2. The van der Waals surface area contributed by atoms with Crippen LogP contribution >= 0.6 is 11.6 Å². The third kappa shape index (κ3) is 4.89. The number of halogens is 3. The summed E-state index contributed by atoms with van der Waals surface area (Å²) in [5, 5.41) is 9.63. The van der Waals surface area contributed by atoms with Gasteiger partial charge in [-0.2, -0.15) is 10.1 Å². The molecule has 4 rings (SSSR count). The number of carbonyl (C=O) groups excluding carboxylic acids is 1. The van der Waals surface area contributed by atoms with Gasteiger partial charge in [0.15, 0.2) is 0 Å². The second kappa shape index (κ2) is 9.11. The zero-order valence-corrected chi connectivity index (χ0v) is 17.4. The lowest BCUT2D eigenvalue weighted by atomic mass is 10.2. The van der Waals surface area contributed by atoms with E-state index in [0.717, 1.165) is 5.01 Å². The minimum absolute atomic E-state index is 0.143. The molecule has 0 aliphatic carbocycles. The van der Waals surface area contributed by atoms with Crippen LogP contribution in [0.15, 0.2) is 70.9 Å². The van der Waals surface area contributed by atoms with Crippen molar-refractivity contribution in [1.82, 2.24) is 9.99 Å². The molecule has 2 heterocycles. The molecule has 1 aliphatic rings. The molecule has 7 nitrogen and oxygen atoms in total. The molecule has 10 heteroatoms. The molecule has 1 atom stereocenters. The number of hydrazone groups is 2. The number of benzene rings is 2. The normalized spacial score (nSPS) is 15.6. The van der Waals surface area contributed by atoms with E-state index in [1.54, 1.807) is 18.2 Å². The highest BCUT2D eigenvalue weighted by Gasteiger charge is 2.33. The van der Waals surface area contributed by atoms with Gasteiger partial charge < -0.3 is 4.74 Å². The first-order valence-corrected chi connectivity index (χ1v) is 9.80. The number of rotatable bonds is 5. The summed E-state index contributed by atoms with van der Waals surface area (Å²) in [6, 6.07) is 14.5. The Bertz CT molecular complexity index is 1200. The minimum atomic E-state index is -0.844. The maximum Gasteiger partial charge on any atom is 0.243 e. The number of nitrogens with zero attached hydrogens (tertiary/aromatic N) is 4. The van der Waals surface area contributed by atoms with Crippen LogP contribution in [0.25, 0.3) is 0 Å². The fourth-order valence-corrected chi connectivity index (χ4v) is 3.14. The third-order valence-corrected chi connectivity index (χ3v) is 4.62. The summed E-state index contributed by atoms with van der Waals surface area (Å²) in [5.74, 6) is -0.648. The average molecular weight is 456 g/mol. The molecule has 1 amide bonds. The first-order valence-electron chi connectivity index (χ1n) is 9.42. The van der Waals surface area contributed by atoms with Gasteiger partial charge in [-0.1, -0.05) is 35.9 Å². The van der Waals surface area contributed by atoms with Crippen molar-refractivity contribution >= 4 is 35.4 Å². The number of ether oxygens (including phenoxy) is 1. The second-order valence-electron chi connectivity index (χ2n) is 6.78. The van der Waals surface area contributed by atoms with Crippen molar-refractivity contribution in [3.63, 3.8) is 0 Å². The largest absolute Gasteiger partial charge is 0.446 e. The molecule has 162 valence electrons. The summed E-state index contributed by atoms with van der Waals surface area (Å²) < 4.78 is 32.2. The van der Waals surface area contributed by atoms with Gasteiger partial charge in [-0.15, -0.1) is 5.10 Å². The lowest BCUT2D eigenvalue weighted by Gasteiger charge is -2.19. The first kappa shape index (κ1) is 21.4. The smallest absolute Gasteiger partial charge is 0.243 e. The predicted molar refractivity (Wildman–Crippen MR) is 116 cm³/mol. The van der Waals surface area contributed by atoms with Crippen molar-refractivity contribution in [3.05, 3.63) is 94.1 Å². The minimum Gasteiger partial charge on any atom is -0.446 e. The van der Waals surface area contributed by atoms with Crippen molar-refractivity contribution in [3.8, 4) is 0 Å². The van der Waals surface area contributed by atoms with E-state index in [1.807, 2.05) is 0 Å². The van der Waals surface area contributed by atoms with Gasteiger partial charge >= 0.3 is 0 Å². The fraction of sp³-hybridized carbons (Fsp3) is 0.0909. The number of hydrogen-bond donors (Lipinski definition) is 1. The monoisotopic (exact) mass is 455 g/mol. The van der Waals surface area contributed by atoms with Gasteiger partial charge in [-0.05, 0) is 42.0 Å². The highest BCUT2D eigenvalue weighted by atomic mass is 35.5. The van der Waals surface area contributed by atoms with E-state index in [4.69, 9.17) is 16.3 Å². The Morgan fingerprint density at radius 3 is 2.44 bits per heavy atom. The SMILES string of the molecule is CC(=O)N1N=C(c2cc(Cl)nc(N/N=C/c3ccc(F)cc3)c2)OC1c1ccc(F)cc1. The standard InChI is InChI=1S/C22H16ClF2N5O2/c1-13(31)30-22(15-4-8-18(25)9-5-15)32-21(29-30)16-10-19(23)27-20(11-16)28-26-12-14-2-6-17(24)7-3-14/h2-12,22H,1H3,(H,27,28)/b26-12+. The van der Waals surface area contributed by atoms with Gasteiger partial charge in [0, 0.05) is 18.1 Å². The van der Waals surface area contributed by atoms with Gasteiger partial charge in [0.25, 0.3) is 0 Å². The molecule has 0 bridgehead atoms. The molecule has 0 spiro atoms. The molecule has 1 unspecified atom stereocenters. The van der Waals surface area contributed by atoms with Gasteiger partial charge in [-0.3, -0.25) is 10.2 Å². The maximum absolute atomic E-state index is 13.3. The van der Waals surface area contributed by atoms with Crippen LogP contribution in [-0.2, 0) is 9.53 Å². The van der Waals surface area contributed by atoms with E-state index in [1.165, 1.54) is 55.6 Å². The van der Waals surface area contributed by atoms with Crippen molar-refractivity contribution in [2.75, 3.05) is 5.43 Å². The van der Waals surface area contributed by atoms with Gasteiger partial charge in [0.1, 0.15) is 22.6 Å². The number of aromatic nitrogens is 1. The van der Waals surface area contributed by atoms with E-state index < -0.39 is 12.0 Å². The zero-order valence-electron chi connectivity index (χ0n) is 16.7. The Morgan fingerprint density at radius 2 is 1.78 bits per heavy atom. The molecule has 1 aromatic heterocycles. The maximum atomic E-state index is 13.3. The van der Waals surface area contributed by atoms with Crippen LogP contribution in [0.3, 0.4) is 0 Å².